The monoisotopic (exact) mass is 304 g/mol. The molecule has 4 heteroatoms. The predicted octanol–water partition coefficient (Wildman–Crippen LogP) is 4.13. The van der Waals surface area contributed by atoms with E-state index in [-0.39, 0.29) is 0 Å². The number of rotatable bonds is 4. The van der Waals surface area contributed by atoms with Crippen LogP contribution in [-0.4, -0.2) is 16.8 Å². The Bertz CT molecular complexity index is 581. The summed E-state index contributed by atoms with van der Waals surface area (Å²) in [6, 6.07) is 9.16. The van der Waals surface area contributed by atoms with Crippen molar-refractivity contribution in [3.05, 3.63) is 45.4 Å². The lowest BCUT2D eigenvalue weighted by Gasteiger charge is -2.16. The van der Waals surface area contributed by atoms with Gasteiger partial charge in [0.05, 0.1) is 10.7 Å². The molecule has 1 N–H and O–H groups in total. The van der Waals surface area contributed by atoms with Gasteiger partial charge < -0.3 is 5.32 Å². The lowest BCUT2D eigenvalue weighted by molar-refractivity contribution is 0.571. The van der Waals surface area contributed by atoms with Gasteiger partial charge in [0.2, 0.25) is 0 Å². The largest absolute Gasteiger partial charge is 0.308 e. The topological polar surface area (TPSA) is 24.9 Å². The van der Waals surface area contributed by atoms with Crippen molar-refractivity contribution in [2.75, 3.05) is 6.54 Å². The third-order valence-electron chi connectivity index (χ3n) is 3.70. The summed E-state index contributed by atoms with van der Waals surface area (Å²) >= 11 is 3.82. The molecule has 1 aromatic carbocycles. The minimum atomic E-state index is 0.394. The van der Waals surface area contributed by atoms with Crippen LogP contribution in [0.15, 0.2) is 29.2 Å². The molecule has 0 saturated carbocycles. The second kappa shape index (κ2) is 5.88. The molecule has 0 aliphatic carbocycles. The SMILES string of the molecule is Cc1nc(C)c(C(C)NCC2Cc3ccccc3S2)s1. The zero-order valence-corrected chi connectivity index (χ0v) is 13.8. The number of aryl methyl sites for hydroxylation is 2. The van der Waals surface area contributed by atoms with Gasteiger partial charge in [-0.25, -0.2) is 4.98 Å². The van der Waals surface area contributed by atoms with Gasteiger partial charge in [-0.1, -0.05) is 18.2 Å². The summed E-state index contributed by atoms with van der Waals surface area (Å²) in [6.45, 7) is 7.48. The molecule has 0 spiro atoms. The van der Waals surface area contributed by atoms with E-state index in [1.165, 1.54) is 27.5 Å². The van der Waals surface area contributed by atoms with Crippen LogP contribution in [0.2, 0.25) is 0 Å². The maximum absolute atomic E-state index is 4.52. The summed E-state index contributed by atoms with van der Waals surface area (Å²) < 4.78 is 0. The van der Waals surface area contributed by atoms with E-state index in [0.29, 0.717) is 11.3 Å². The third-order valence-corrected chi connectivity index (χ3v) is 6.27. The smallest absolute Gasteiger partial charge is 0.0900 e. The van der Waals surface area contributed by atoms with E-state index in [1.807, 2.05) is 23.1 Å². The summed E-state index contributed by atoms with van der Waals surface area (Å²) in [5, 5.41) is 5.50. The lowest BCUT2D eigenvalue weighted by atomic mass is 10.1. The van der Waals surface area contributed by atoms with Gasteiger partial charge in [-0.05, 0) is 38.8 Å². The van der Waals surface area contributed by atoms with Crippen LogP contribution in [0.3, 0.4) is 0 Å². The Morgan fingerprint density at radius 1 is 1.35 bits per heavy atom. The van der Waals surface area contributed by atoms with Crippen LogP contribution >= 0.6 is 23.1 Å². The molecule has 0 fully saturated rings. The van der Waals surface area contributed by atoms with Gasteiger partial charge in [0.15, 0.2) is 0 Å². The van der Waals surface area contributed by atoms with E-state index in [4.69, 9.17) is 0 Å². The van der Waals surface area contributed by atoms with Crippen LogP contribution in [0.5, 0.6) is 0 Å². The molecule has 1 aliphatic heterocycles. The van der Waals surface area contributed by atoms with E-state index in [1.54, 1.807) is 0 Å². The Kier molecular flexibility index (Phi) is 4.15. The van der Waals surface area contributed by atoms with Gasteiger partial charge in [-0.3, -0.25) is 0 Å². The standard InChI is InChI=1S/C16H20N2S2/c1-10(16-11(2)18-12(3)19-16)17-9-14-8-13-6-4-5-7-15(13)20-14/h4-7,10,14,17H,8-9H2,1-3H3. The van der Waals surface area contributed by atoms with E-state index >= 15 is 0 Å². The first-order chi connectivity index (χ1) is 9.63. The van der Waals surface area contributed by atoms with Crippen molar-refractivity contribution in [3.63, 3.8) is 0 Å². The number of nitrogens with zero attached hydrogens (tertiary/aromatic N) is 1. The molecule has 0 radical (unpaired) electrons. The zero-order valence-electron chi connectivity index (χ0n) is 12.1. The number of benzene rings is 1. The van der Waals surface area contributed by atoms with E-state index in [0.717, 1.165) is 11.6 Å². The van der Waals surface area contributed by atoms with Crippen molar-refractivity contribution in [2.45, 2.75) is 43.4 Å². The molecule has 0 bridgehead atoms. The molecule has 2 aromatic rings. The van der Waals surface area contributed by atoms with Crippen molar-refractivity contribution in [3.8, 4) is 0 Å². The fraction of sp³-hybridized carbons (Fsp3) is 0.438. The number of nitrogens with one attached hydrogen (secondary N) is 1. The molecular weight excluding hydrogens is 284 g/mol. The van der Waals surface area contributed by atoms with Gasteiger partial charge in [0.25, 0.3) is 0 Å². The van der Waals surface area contributed by atoms with Gasteiger partial charge in [0, 0.05) is 27.6 Å². The highest BCUT2D eigenvalue weighted by Crippen LogP contribution is 2.36. The van der Waals surface area contributed by atoms with E-state index in [2.05, 4.69) is 55.3 Å². The fourth-order valence-electron chi connectivity index (χ4n) is 2.72. The Hall–Kier alpha value is -0.840. The number of hydrogen-bond donors (Lipinski definition) is 1. The van der Waals surface area contributed by atoms with Crippen molar-refractivity contribution in [2.24, 2.45) is 0 Å². The summed E-state index contributed by atoms with van der Waals surface area (Å²) in [5.41, 5.74) is 2.68. The number of fused-ring (bicyclic) bond motifs is 1. The fourth-order valence-corrected chi connectivity index (χ4v) is 4.93. The summed E-state index contributed by atoms with van der Waals surface area (Å²) in [5.74, 6) is 0. The average molecular weight is 304 g/mol. The molecule has 2 unspecified atom stereocenters. The summed E-state index contributed by atoms with van der Waals surface area (Å²) in [7, 11) is 0. The summed E-state index contributed by atoms with van der Waals surface area (Å²) in [4.78, 5) is 7.35. The molecule has 2 nitrogen and oxygen atoms in total. The predicted molar refractivity (Wildman–Crippen MR) is 87.8 cm³/mol. The number of aromatic nitrogens is 1. The van der Waals surface area contributed by atoms with E-state index < -0.39 is 0 Å². The molecule has 2 heterocycles. The van der Waals surface area contributed by atoms with Gasteiger partial charge >= 0.3 is 0 Å². The van der Waals surface area contributed by atoms with Crippen molar-refractivity contribution in [1.29, 1.82) is 0 Å². The second-order valence-electron chi connectivity index (χ2n) is 5.36. The normalized spacial score (nSPS) is 19.1. The maximum Gasteiger partial charge on any atom is 0.0900 e. The highest BCUT2D eigenvalue weighted by Gasteiger charge is 2.22. The molecule has 1 aliphatic rings. The first-order valence-corrected chi connectivity index (χ1v) is 8.75. The highest BCUT2D eigenvalue weighted by atomic mass is 32.2. The van der Waals surface area contributed by atoms with Gasteiger partial charge in [-0.2, -0.15) is 0 Å². The quantitative estimate of drug-likeness (QED) is 0.919. The lowest BCUT2D eigenvalue weighted by Crippen LogP contribution is -2.27. The molecule has 1 aromatic heterocycles. The van der Waals surface area contributed by atoms with Crippen molar-refractivity contribution >= 4 is 23.1 Å². The minimum Gasteiger partial charge on any atom is -0.308 e. The van der Waals surface area contributed by atoms with Crippen LogP contribution in [-0.2, 0) is 6.42 Å². The molecule has 3 rings (SSSR count). The van der Waals surface area contributed by atoms with E-state index in [9.17, 15) is 0 Å². The maximum atomic E-state index is 4.52. The third kappa shape index (κ3) is 2.92. The Morgan fingerprint density at radius 2 is 2.15 bits per heavy atom. The zero-order chi connectivity index (χ0) is 14.1. The summed E-state index contributed by atoms with van der Waals surface area (Å²) in [6.07, 6.45) is 1.18. The Balaban J connectivity index is 1.57. The molecule has 106 valence electrons. The number of thioether (sulfide) groups is 1. The minimum absolute atomic E-state index is 0.394. The molecule has 0 saturated heterocycles. The first kappa shape index (κ1) is 14.1. The van der Waals surface area contributed by atoms with Gasteiger partial charge in [-0.15, -0.1) is 23.1 Å². The van der Waals surface area contributed by atoms with Crippen LogP contribution in [0.1, 0.15) is 34.1 Å². The Labute approximate surface area is 129 Å². The number of hydrogen-bond acceptors (Lipinski definition) is 4. The van der Waals surface area contributed by atoms with Gasteiger partial charge in [0.1, 0.15) is 0 Å². The van der Waals surface area contributed by atoms with Crippen LogP contribution in [0.4, 0.5) is 0 Å². The first-order valence-electron chi connectivity index (χ1n) is 7.05. The van der Waals surface area contributed by atoms with Crippen LogP contribution in [0, 0.1) is 13.8 Å². The highest BCUT2D eigenvalue weighted by molar-refractivity contribution is 8.00. The molecule has 2 atom stereocenters. The molecule has 20 heavy (non-hydrogen) atoms. The Morgan fingerprint density at radius 3 is 2.85 bits per heavy atom. The van der Waals surface area contributed by atoms with Crippen molar-refractivity contribution in [1.82, 2.24) is 10.3 Å². The number of thiazole rings is 1. The average Bonchev–Trinajstić information content (AvgIpc) is 2.98. The second-order valence-corrected chi connectivity index (χ2v) is 7.94. The van der Waals surface area contributed by atoms with Crippen LogP contribution < -0.4 is 5.32 Å². The molecule has 0 amide bonds. The van der Waals surface area contributed by atoms with Crippen molar-refractivity contribution < 1.29 is 0 Å². The van der Waals surface area contributed by atoms with Crippen LogP contribution in [0.25, 0.3) is 0 Å². The molecular formula is C16H20N2S2.